The molecule has 1 unspecified atom stereocenters. The highest BCUT2D eigenvalue weighted by Gasteiger charge is 2.35. The molecule has 1 aromatic heterocycles. The van der Waals surface area contributed by atoms with Crippen molar-refractivity contribution in [1.29, 1.82) is 0 Å². The average molecular weight is 486 g/mol. The number of halogens is 4. The molecule has 0 amide bonds. The van der Waals surface area contributed by atoms with E-state index >= 15 is 0 Å². The molecular weight excluding hydrogens is 462 g/mol. The summed E-state index contributed by atoms with van der Waals surface area (Å²) >= 11 is 1.02. The van der Waals surface area contributed by atoms with Crippen molar-refractivity contribution in [2.45, 2.75) is 31.5 Å². The van der Waals surface area contributed by atoms with Gasteiger partial charge in [0.2, 0.25) is 0 Å². The Balaban J connectivity index is 1.61. The Kier molecular flexibility index (Phi) is 7.88. The summed E-state index contributed by atoms with van der Waals surface area (Å²) in [5.41, 5.74) is 4.08. The van der Waals surface area contributed by atoms with Crippen molar-refractivity contribution in [3.05, 3.63) is 58.9 Å². The lowest BCUT2D eigenvalue weighted by molar-refractivity contribution is -0.138. The van der Waals surface area contributed by atoms with Gasteiger partial charge < -0.3 is 20.3 Å². The van der Waals surface area contributed by atoms with Crippen LogP contribution in [0.5, 0.6) is 11.5 Å². The summed E-state index contributed by atoms with van der Waals surface area (Å²) in [6, 6.07) is 9.25. The van der Waals surface area contributed by atoms with Crippen LogP contribution in [-0.4, -0.2) is 35.1 Å². The van der Waals surface area contributed by atoms with Gasteiger partial charge in [-0.05, 0) is 62.2 Å². The van der Waals surface area contributed by atoms with Crippen LogP contribution >= 0.6 is 11.3 Å². The standard InChI is InChI=1S/C22H23F4N3O3S/c1-21(27,13-30)20-29-28-19(33-20)14-4-9-18(17(12-14)22(24,25)26)32-11-3-2-10-31-16-7-5-15(23)6-8-16/h4-9,12,30H,2-3,10-11,13,27H2,1H3. The predicted octanol–water partition coefficient (Wildman–Crippen LogP) is 4.77. The number of hydrogen-bond donors (Lipinski definition) is 2. The Bertz CT molecular complexity index is 1060. The van der Waals surface area contributed by atoms with Crippen molar-refractivity contribution >= 4 is 11.3 Å². The van der Waals surface area contributed by atoms with E-state index in [-0.39, 0.29) is 35.4 Å². The number of hydrogen-bond acceptors (Lipinski definition) is 7. The molecule has 0 aliphatic heterocycles. The molecular formula is C22H23F4N3O3S. The zero-order chi connectivity index (χ0) is 24.1. The van der Waals surface area contributed by atoms with Crippen LogP contribution in [-0.2, 0) is 11.7 Å². The average Bonchev–Trinajstić information content (AvgIpc) is 3.28. The van der Waals surface area contributed by atoms with Crippen molar-refractivity contribution in [3.63, 3.8) is 0 Å². The topological polar surface area (TPSA) is 90.5 Å². The molecule has 0 fully saturated rings. The van der Waals surface area contributed by atoms with Gasteiger partial charge in [-0.15, -0.1) is 10.2 Å². The minimum Gasteiger partial charge on any atom is -0.494 e. The van der Waals surface area contributed by atoms with Gasteiger partial charge in [0.15, 0.2) is 0 Å². The first kappa shape index (κ1) is 24.9. The largest absolute Gasteiger partial charge is 0.494 e. The maximum atomic E-state index is 13.6. The zero-order valence-corrected chi connectivity index (χ0v) is 18.5. The second-order valence-corrected chi connectivity index (χ2v) is 8.53. The minimum atomic E-state index is -4.63. The molecule has 0 spiro atoms. The number of alkyl halides is 3. The van der Waals surface area contributed by atoms with Crippen LogP contribution in [0.1, 0.15) is 30.3 Å². The van der Waals surface area contributed by atoms with Gasteiger partial charge in [-0.1, -0.05) is 11.3 Å². The molecule has 3 N–H and O–H groups in total. The first-order valence-electron chi connectivity index (χ1n) is 10.1. The van der Waals surface area contributed by atoms with Gasteiger partial charge in [-0.25, -0.2) is 4.39 Å². The normalized spacial score (nSPS) is 13.5. The Morgan fingerprint density at radius 2 is 1.67 bits per heavy atom. The maximum Gasteiger partial charge on any atom is 0.419 e. The van der Waals surface area contributed by atoms with Crippen molar-refractivity contribution in [1.82, 2.24) is 10.2 Å². The van der Waals surface area contributed by atoms with E-state index in [0.717, 1.165) is 17.4 Å². The number of aromatic nitrogens is 2. The molecule has 3 rings (SSSR count). The minimum absolute atomic E-state index is 0.0696. The van der Waals surface area contributed by atoms with Crippen LogP contribution in [0, 0.1) is 5.82 Å². The third-order valence-corrected chi connectivity index (χ3v) is 5.90. The van der Waals surface area contributed by atoms with Gasteiger partial charge in [-0.3, -0.25) is 0 Å². The highest BCUT2D eigenvalue weighted by atomic mass is 32.1. The Morgan fingerprint density at radius 3 is 2.30 bits per heavy atom. The van der Waals surface area contributed by atoms with E-state index in [1.807, 2.05) is 0 Å². The van der Waals surface area contributed by atoms with E-state index in [2.05, 4.69) is 10.2 Å². The number of aliphatic hydroxyl groups is 1. The third kappa shape index (κ3) is 6.62. The number of nitrogens with two attached hydrogens (primary N) is 1. The van der Waals surface area contributed by atoms with Gasteiger partial charge in [0.1, 0.15) is 27.3 Å². The third-order valence-electron chi connectivity index (χ3n) is 4.65. The second-order valence-electron chi connectivity index (χ2n) is 7.55. The molecule has 0 saturated carbocycles. The Morgan fingerprint density at radius 1 is 1.00 bits per heavy atom. The molecule has 0 radical (unpaired) electrons. The number of ether oxygens (including phenoxy) is 2. The van der Waals surface area contributed by atoms with Crippen LogP contribution in [0.2, 0.25) is 0 Å². The number of rotatable bonds is 10. The molecule has 33 heavy (non-hydrogen) atoms. The molecule has 3 aromatic rings. The number of nitrogens with zero attached hydrogens (tertiary/aromatic N) is 2. The summed E-state index contributed by atoms with van der Waals surface area (Å²) < 4.78 is 64.6. The fourth-order valence-corrected chi connectivity index (χ4v) is 3.64. The molecule has 1 atom stereocenters. The molecule has 11 heteroatoms. The number of unbranched alkanes of at least 4 members (excludes halogenated alkanes) is 1. The molecule has 0 saturated heterocycles. The molecule has 6 nitrogen and oxygen atoms in total. The molecule has 1 heterocycles. The lowest BCUT2D eigenvalue weighted by atomic mass is 10.1. The van der Waals surface area contributed by atoms with E-state index in [1.54, 1.807) is 6.92 Å². The molecule has 0 aliphatic carbocycles. The molecule has 0 bridgehead atoms. The zero-order valence-electron chi connectivity index (χ0n) is 17.7. The van der Waals surface area contributed by atoms with E-state index in [9.17, 15) is 22.7 Å². The van der Waals surface area contributed by atoms with E-state index < -0.39 is 17.3 Å². The fourth-order valence-electron chi connectivity index (χ4n) is 2.76. The maximum absolute atomic E-state index is 13.6. The van der Waals surface area contributed by atoms with Crippen molar-refractivity contribution < 1.29 is 32.1 Å². The summed E-state index contributed by atoms with van der Waals surface area (Å²) in [5, 5.41) is 17.7. The first-order valence-corrected chi connectivity index (χ1v) is 10.9. The summed E-state index contributed by atoms with van der Waals surface area (Å²) in [5.74, 6) is -0.132. The molecule has 178 valence electrons. The molecule has 0 aliphatic rings. The second kappa shape index (κ2) is 10.4. The summed E-state index contributed by atoms with van der Waals surface area (Å²) in [4.78, 5) is 0. The highest BCUT2D eigenvalue weighted by molar-refractivity contribution is 7.14. The lowest BCUT2D eigenvalue weighted by Gasteiger charge is -2.17. The van der Waals surface area contributed by atoms with Crippen molar-refractivity contribution in [2.24, 2.45) is 5.73 Å². The van der Waals surface area contributed by atoms with Crippen molar-refractivity contribution in [3.8, 4) is 22.1 Å². The van der Waals surface area contributed by atoms with Gasteiger partial charge in [-0.2, -0.15) is 13.2 Å². The van der Waals surface area contributed by atoms with Crippen molar-refractivity contribution in [2.75, 3.05) is 19.8 Å². The monoisotopic (exact) mass is 485 g/mol. The smallest absolute Gasteiger partial charge is 0.419 e. The Labute approximate surface area is 192 Å². The molecule has 2 aromatic carbocycles. The highest BCUT2D eigenvalue weighted by Crippen LogP contribution is 2.39. The lowest BCUT2D eigenvalue weighted by Crippen LogP contribution is -2.36. The summed E-state index contributed by atoms with van der Waals surface area (Å²) in [7, 11) is 0. The van der Waals surface area contributed by atoms with E-state index in [4.69, 9.17) is 15.2 Å². The van der Waals surface area contributed by atoms with Crippen LogP contribution in [0.25, 0.3) is 10.6 Å². The summed E-state index contributed by atoms with van der Waals surface area (Å²) in [6.45, 7) is 1.57. The van der Waals surface area contributed by atoms with E-state index in [0.29, 0.717) is 30.2 Å². The van der Waals surface area contributed by atoms with Gasteiger partial charge in [0.25, 0.3) is 0 Å². The van der Waals surface area contributed by atoms with Crippen LogP contribution in [0.4, 0.5) is 17.6 Å². The number of benzene rings is 2. The first-order chi connectivity index (χ1) is 15.6. The van der Waals surface area contributed by atoms with E-state index in [1.165, 1.54) is 36.4 Å². The number of aliphatic hydroxyl groups excluding tert-OH is 1. The fraction of sp³-hybridized carbons (Fsp3) is 0.364. The van der Waals surface area contributed by atoms with Crippen LogP contribution in [0.3, 0.4) is 0 Å². The summed E-state index contributed by atoms with van der Waals surface area (Å²) in [6.07, 6.45) is -3.61. The van der Waals surface area contributed by atoms with Gasteiger partial charge in [0.05, 0.1) is 30.9 Å². The Hall–Kier alpha value is -2.76. The van der Waals surface area contributed by atoms with Crippen LogP contribution in [0.15, 0.2) is 42.5 Å². The predicted molar refractivity (Wildman–Crippen MR) is 116 cm³/mol. The quantitative estimate of drug-likeness (QED) is 0.318. The van der Waals surface area contributed by atoms with Crippen LogP contribution < -0.4 is 15.2 Å². The van der Waals surface area contributed by atoms with Gasteiger partial charge >= 0.3 is 6.18 Å². The van der Waals surface area contributed by atoms with Gasteiger partial charge in [0, 0.05) is 5.56 Å². The SMILES string of the molecule is CC(N)(CO)c1nnc(-c2ccc(OCCCCOc3ccc(F)cc3)c(C(F)(F)F)c2)s1.